The third-order valence-electron chi connectivity index (χ3n) is 1.75. The zero-order valence-corrected chi connectivity index (χ0v) is 7.89. The maximum absolute atomic E-state index is 11.3. The predicted octanol–water partition coefficient (Wildman–Crippen LogP) is 0.678. The van der Waals surface area contributed by atoms with E-state index in [1.54, 1.807) is 4.31 Å². The molecule has 66 valence electrons. The van der Waals surface area contributed by atoms with Gasteiger partial charge in [0.1, 0.15) is 0 Å². The van der Waals surface area contributed by atoms with Gasteiger partial charge in [-0.3, -0.25) is 0 Å². The largest absolute Gasteiger partial charge is 0.214 e. The van der Waals surface area contributed by atoms with Crippen LogP contribution in [-0.4, -0.2) is 31.6 Å². The van der Waals surface area contributed by atoms with E-state index in [9.17, 15) is 8.42 Å². The van der Waals surface area contributed by atoms with Gasteiger partial charge in [-0.15, -0.1) is 0 Å². The number of hydrogen-bond donors (Lipinski definition) is 0. The summed E-state index contributed by atoms with van der Waals surface area (Å²) >= 11 is 0. The first-order chi connectivity index (χ1) is 5.02. The molecule has 1 rings (SSSR count). The fourth-order valence-electron chi connectivity index (χ4n) is 1.09. The second-order valence-electron chi connectivity index (χ2n) is 3.43. The van der Waals surface area contributed by atoms with Crippen LogP contribution in [0.4, 0.5) is 0 Å². The van der Waals surface area contributed by atoms with Crippen LogP contribution in [-0.2, 0) is 10.0 Å². The van der Waals surface area contributed by atoms with Gasteiger partial charge in [0.2, 0.25) is 10.0 Å². The van der Waals surface area contributed by atoms with Gasteiger partial charge in [0.25, 0.3) is 0 Å². The molecular formula is C7H15NO2S. The predicted molar refractivity (Wildman–Crippen MR) is 44.8 cm³/mol. The summed E-state index contributed by atoms with van der Waals surface area (Å²) in [6, 6.07) is 0. The highest BCUT2D eigenvalue weighted by Gasteiger charge is 2.27. The molecule has 1 saturated heterocycles. The summed E-state index contributed by atoms with van der Waals surface area (Å²) in [6.45, 7) is 5.32. The van der Waals surface area contributed by atoms with Gasteiger partial charge in [-0.1, -0.05) is 13.8 Å². The number of rotatable bonds is 3. The molecule has 0 aromatic carbocycles. The van der Waals surface area contributed by atoms with Crippen molar-refractivity contribution < 1.29 is 8.42 Å². The van der Waals surface area contributed by atoms with Crippen molar-refractivity contribution in [3.8, 4) is 0 Å². The van der Waals surface area contributed by atoms with Crippen LogP contribution in [0.5, 0.6) is 0 Å². The fraction of sp³-hybridized carbons (Fsp3) is 1.00. The van der Waals surface area contributed by atoms with E-state index in [1.807, 2.05) is 13.8 Å². The van der Waals surface area contributed by atoms with Crippen LogP contribution in [0.15, 0.2) is 0 Å². The van der Waals surface area contributed by atoms with E-state index in [2.05, 4.69) is 0 Å². The molecule has 1 aliphatic rings. The van der Waals surface area contributed by atoms with Crippen LogP contribution >= 0.6 is 0 Å². The van der Waals surface area contributed by atoms with Gasteiger partial charge < -0.3 is 0 Å². The van der Waals surface area contributed by atoms with E-state index in [1.165, 1.54) is 0 Å². The Bertz CT molecular complexity index is 217. The summed E-state index contributed by atoms with van der Waals surface area (Å²) in [4.78, 5) is 0. The van der Waals surface area contributed by atoms with Gasteiger partial charge in [-0.2, -0.15) is 0 Å². The first-order valence-corrected chi connectivity index (χ1v) is 5.61. The normalized spacial score (nSPS) is 20.3. The molecule has 0 bridgehead atoms. The summed E-state index contributed by atoms with van der Waals surface area (Å²) in [5.74, 6) is 0.535. The Morgan fingerprint density at radius 3 is 2.18 bits per heavy atom. The van der Waals surface area contributed by atoms with Crippen LogP contribution in [0.3, 0.4) is 0 Å². The van der Waals surface area contributed by atoms with Crippen LogP contribution < -0.4 is 0 Å². The molecular weight excluding hydrogens is 162 g/mol. The molecule has 1 heterocycles. The zero-order valence-electron chi connectivity index (χ0n) is 7.08. The van der Waals surface area contributed by atoms with Gasteiger partial charge in [-0.25, -0.2) is 12.7 Å². The maximum atomic E-state index is 11.3. The zero-order chi connectivity index (χ0) is 8.48. The molecule has 11 heavy (non-hydrogen) atoms. The second kappa shape index (κ2) is 3.11. The van der Waals surface area contributed by atoms with Crippen LogP contribution in [0, 0.1) is 5.92 Å². The Hall–Kier alpha value is -0.0900. The van der Waals surface area contributed by atoms with E-state index in [-0.39, 0.29) is 5.92 Å². The SMILES string of the molecule is CC(C)CS(=O)(=O)N1CCC1. The molecule has 0 aliphatic carbocycles. The molecule has 4 heteroatoms. The molecule has 0 N–H and O–H groups in total. The van der Waals surface area contributed by atoms with Gasteiger partial charge in [-0.05, 0) is 12.3 Å². The monoisotopic (exact) mass is 177 g/mol. The lowest BCUT2D eigenvalue weighted by Gasteiger charge is -2.30. The van der Waals surface area contributed by atoms with Crippen molar-refractivity contribution >= 4 is 10.0 Å². The summed E-state index contributed by atoms with van der Waals surface area (Å²) < 4.78 is 24.3. The minimum absolute atomic E-state index is 0.237. The molecule has 0 spiro atoms. The number of nitrogens with zero attached hydrogens (tertiary/aromatic N) is 1. The van der Waals surface area contributed by atoms with Crippen molar-refractivity contribution in [2.24, 2.45) is 5.92 Å². The summed E-state index contributed by atoms with van der Waals surface area (Å²) in [7, 11) is -2.89. The van der Waals surface area contributed by atoms with Gasteiger partial charge >= 0.3 is 0 Å². The van der Waals surface area contributed by atoms with Crippen molar-refractivity contribution in [2.75, 3.05) is 18.8 Å². The smallest absolute Gasteiger partial charge is 0.212 e. The number of hydrogen-bond acceptors (Lipinski definition) is 2. The number of sulfonamides is 1. The van der Waals surface area contributed by atoms with Crippen LogP contribution in [0.1, 0.15) is 20.3 Å². The highest BCUT2D eigenvalue weighted by atomic mass is 32.2. The average molecular weight is 177 g/mol. The molecule has 0 aromatic heterocycles. The fourth-order valence-corrected chi connectivity index (χ4v) is 2.96. The lowest BCUT2D eigenvalue weighted by molar-refractivity contribution is 0.307. The molecule has 0 unspecified atom stereocenters. The highest BCUT2D eigenvalue weighted by molar-refractivity contribution is 7.89. The standard InChI is InChI=1S/C7H15NO2S/c1-7(2)6-11(9,10)8-4-3-5-8/h7H,3-6H2,1-2H3. The van der Waals surface area contributed by atoms with Crippen molar-refractivity contribution in [1.29, 1.82) is 0 Å². The molecule has 0 amide bonds. The molecule has 1 fully saturated rings. The third-order valence-corrected chi connectivity index (χ3v) is 3.99. The van der Waals surface area contributed by atoms with Crippen LogP contribution in [0.2, 0.25) is 0 Å². The van der Waals surface area contributed by atoms with E-state index < -0.39 is 10.0 Å². The van der Waals surface area contributed by atoms with E-state index in [0.29, 0.717) is 5.75 Å². The Kier molecular flexibility index (Phi) is 2.54. The summed E-state index contributed by atoms with van der Waals surface area (Å²) in [5, 5.41) is 0. The quantitative estimate of drug-likeness (QED) is 0.635. The first kappa shape index (κ1) is 9.00. The average Bonchev–Trinajstić information content (AvgIpc) is 1.50. The topological polar surface area (TPSA) is 37.4 Å². The Labute approximate surface area is 68.4 Å². The molecule has 0 aromatic rings. The minimum Gasteiger partial charge on any atom is -0.212 e. The Morgan fingerprint density at radius 2 is 1.91 bits per heavy atom. The van der Waals surface area contributed by atoms with Gasteiger partial charge in [0.05, 0.1) is 5.75 Å². The third kappa shape index (κ3) is 2.17. The lowest BCUT2D eigenvalue weighted by atomic mass is 10.3. The molecule has 0 atom stereocenters. The molecule has 3 nitrogen and oxygen atoms in total. The van der Waals surface area contributed by atoms with Gasteiger partial charge in [0, 0.05) is 13.1 Å². The molecule has 0 radical (unpaired) electrons. The lowest BCUT2D eigenvalue weighted by Crippen LogP contribution is -2.43. The highest BCUT2D eigenvalue weighted by Crippen LogP contribution is 2.14. The Morgan fingerprint density at radius 1 is 1.36 bits per heavy atom. The van der Waals surface area contributed by atoms with Crippen molar-refractivity contribution in [2.45, 2.75) is 20.3 Å². The second-order valence-corrected chi connectivity index (χ2v) is 5.44. The Balaban J connectivity index is 2.52. The maximum Gasteiger partial charge on any atom is 0.214 e. The minimum atomic E-state index is -2.89. The summed E-state index contributed by atoms with van der Waals surface area (Å²) in [6.07, 6.45) is 1.03. The summed E-state index contributed by atoms with van der Waals surface area (Å²) in [5.41, 5.74) is 0. The van der Waals surface area contributed by atoms with Crippen molar-refractivity contribution in [1.82, 2.24) is 4.31 Å². The van der Waals surface area contributed by atoms with Crippen LogP contribution in [0.25, 0.3) is 0 Å². The molecule has 1 aliphatic heterocycles. The first-order valence-electron chi connectivity index (χ1n) is 4.00. The molecule has 0 saturated carbocycles. The van der Waals surface area contributed by atoms with Gasteiger partial charge in [0.15, 0.2) is 0 Å². The van der Waals surface area contributed by atoms with Crippen molar-refractivity contribution in [3.63, 3.8) is 0 Å². The van der Waals surface area contributed by atoms with E-state index in [4.69, 9.17) is 0 Å². The van der Waals surface area contributed by atoms with E-state index >= 15 is 0 Å². The van der Waals surface area contributed by atoms with E-state index in [0.717, 1.165) is 19.5 Å². The van der Waals surface area contributed by atoms with Crippen molar-refractivity contribution in [3.05, 3.63) is 0 Å².